The molecule has 0 radical (unpaired) electrons. The van der Waals surface area contributed by atoms with E-state index in [9.17, 15) is 0 Å². The molecule has 0 aliphatic carbocycles. The number of ether oxygens (including phenoxy) is 2. The van der Waals surface area contributed by atoms with Crippen LogP contribution in [0.2, 0.25) is 0 Å². The van der Waals surface area contributed by atoms with Gasteiger partial charge in [-0.15, -0.1) is 11.3 Å². The highest BCUT2D eigenvalue weighted by molar-refractivity contribution is 7.09. The van der Waals surface area contributed by atoms with E-state index in [1.807, 2.05) is 19.1 Å². The third-order valence-corrected chi connectivity index (χ3v) is 4.63. The molecular weight excluding hydrogens is 334 g/mol. The molecule has 0 aliphatic heterocycles. The highest BCUT2D eigenvalue weighted by Gasteiger charge is 2.05. The lowest BCUT2D eigenvalue weighted by Gasteiger charge is -2.11. The summed E-state index contributed by atoms with van der Waals surface area (Å²) in [5.41, 5.74) is 7.11. The number of aliphatic imine (C=N–C) groups is 1. The van der Waals surface area contributed by atoms with Crippen LogP contribution < -0.4 is 20.5 Å². The molecule has 6 heteroatoms. The molecule has 1 heterocycles. The zero-order valence-corrected chi connectivity index (χ0v) is 15.8. The van der Waals surface area contributed by atoms with Gasteiger partial charge >= 0.3 is 0 Å². The molecule has 2 aromatic rings. The van der Waals surface area contributed by atoms with Crippen molar-refractivity contribution >= 4 is 17.3 Å². The lowest BCUT2D eigenvalue weighted by molar-refractivity contribution is 0.310. The van der Waals surface area contributed by atoms with Crippen molar-refractivity contribution < 1.29 is 9.47 Å². The summed E-state index contributed by atoms with van der Waals surface area (Å²) >= 11 is 1.76. The third kappa shape index (κ3) is 6.66. The Morgan fingerprint density at radius 2 is 2.12 bits per heavy atom. The summed E-state index contributed by atoms with van der Waals surface area (Å²) in [7, 11) is 1.65. The number of aryl methyl sites for hydroxylation is 1. The Kier molecular flexibility index (Phi) is 8.12. The molecule has 0 fully saturated rings. The van der Waals surface area contributed by atoms with E-state index in [-0.39, 0.29) is 0 Å². The smallest absolute Gasteiger partial charge is 0.188 e. The van der Waals surface area contributed by atoms with Gasteiger partial charge in [0.05, 0.1) is 13.7 Å². The van der Waals surface area contributed by atoms with Crippen LogP contribution in [0.3, 0.4) is 0 Å². The number of nitrogens with two attached hydrogens (primary N) is 1. The van der Waals surface area contributed by atoms with E-state index in [2.05, 4.69) is 33.9 Å². The number of methoxy groups -OCH3 is 1. The van der Waals surface area contributed by atoms with Gasteiger partial charge in [0.2, 0.25) is 0 Å². The molecule has 0 spiro atoms. The van der Waals surface area contributed by atoms with Gasteiger partial charge in [0.1, 0.15) is 0 Å². The van der Waals surface area contributed by atoms with Crippen molar-refractivity contribution in [2.45, 2.75) is 26.2 Å². The molecule has 0 saturated heterocycles. The fourth-order valence-corrected chi connectivity index (χ4v) is 3.16. The Morgan fingerprint density at radius 1 is 1.24 bits per heavy atom. The van der Waals surface area contributed by atoms with E-state index >= 15 is 0 Å². The van der Waals surface area contributed by atoms with E-state index in [4.69, 9.17) is 15.2 Å². The lowest BCUT2D eigenvalue weighted by Crippen LogP contribution is -2.33. The van der Waals surface area contributed by atoms with Gasteiger partial charge in [-0.05, 0) is 55.3 Å². The monoisotopic (exact) mass is 361 g/mol. The van der Waals surface area contributed by atoms with Crippen LogP contribution in [0.5, 0.6) is 11.5 Å². The van der Waals surface area contributed by atoms with Crippen molar-refractivity contribution in [3.63, 3.8) is 0 Å². The highest BCUT2D eigenvalue weighted by atomic mass is 32.1. The first-order valence-electron chi connectivity index (χ1n) is 8.58. The summed E-state index contributed by atoms with van der Waals surface area (Å²) in [6, 6.07) is 10.2. The fraction of sp³-hybridized carbons (Fsp3) is 0.421. The van der Waals surface area contributed by atoms with Gasteiger partial charge < -0.3 is 20.5 Å². The van der Waals surface area contributed by atoms with Crippen LogP contribution in [0.15, 0.2) is 40.7 Å². The van der Waals surface area contributed by atoms with Crippen molar-refractivity contribution in [1.82, 2.24) is 5.32 Å². The van der Waals surface area contributed by atoms with E-state index in [0.29, 0.717) is 19.1 Å². The molecule has 5 nitrogen and oxygen atoms in total. The molecule has 25 heavy (non-hydrogen) atoms. The fourth-order valence-electron chi connectivity index (χ4n) is 2.45. The first kappa shape index (κ1) is 19.1. The van der Waals surface area contributed by atoms with E-state index < -0.39 is 0 Å². The maximum absolute atomic E-state index is 5.90. The van der Waals surface area contributed by atoms with Crippen LogP contribution in [-0.4, -0.2) is 32.8 Å². The Labute approximate surface area is 153 Å². The summed E-state index contributed by atoms with van der Waals surface area (Å²) in [5, 5.41) is 5.24. The van der Waals surface area contributed by atoms with Gasteiger partial charge in [-0.1, -0.05) is 12.1 Å². The molecule has 0 unspecified atom stereocenters. The van der Waals surface area contributed by atoms with Gasteiger partial charge in [-0.3, -0.25) is 4.99 Å². The Hall–Kier alpha value is -2.21. The van der Waals surface area contributed by atoms with Crippen LogP contribution in [0.25, 0.3) is 0 Å². The van der Waals surface area contributed by atoms with E-state index in [1.165, 1.54) is 10.4 Å². The average molecular weight is 362 g/mol. The molecular formula is C19H27N3O2S. The largest absolute Gasteiger partial charge is 0.493 e. The number of nitrogens with one attached hydrogen (secondary N) is 1. The van der Waals surface area contributed by atoms with Crippen molar-refractivity contribution in [2.24, 2.45) is 10.7 Å². The minimum atomic E-state index is 0.515. The van der Waals surface area contributed by atoms with Gasteiger partial charge in [0.15, 0.2) is 17.5 Å². The van der Waals surface area contributed by atoms with Crippen molar-refractivity contribution in [1.29, 1.82) is 0 Å². The lowest BCUT2D eigenvalue weighted by atomic mass is 10.1. The molecule has 2 rings (SSSR count). The van der Waals surface area contributed by atoms with Crippen LogP contribution in [0.1, 0.15) is 23.8 Å². The van der Waals surface area contributed by atoms with Crippen molar-refractivity contribution in [2.75, 3.05) is 26.8 Å². The Balaban J connectivity index is 1.71. The second kappa shape index (κ2) is 10.6. The van der Waals surface area contributed by atoms with Crippen molar-refractivity contribution in [3.8, 4) is 11.5 Å². The quantitative estimate of drug-likeness (QED) is 0.387. The summed E-state index contributed by atoms with van der Waals surface area (Å²) in [6.07, 6.45) is 2.83. The molecule has 0 amide bonds. The topological polar surface area (TPSA) is 68.9 Å². The zero-order valence-electron chi connectivity index (χ0n) is 15.0. The summed E-state index contributed by atoms with van der Waals surface area (Å²) in [6.45, 7) is 4.10. The van der Waals surface area contributed by atoms with Gasteiger partial charge in [0, 0.05) is 18.0 Å². The zero-order chi connectivity index (χ0) is 17.9. The summed E-state index contributed by atoms with van der Waals surface area (Å²) in [5.74, 6) is 2.07. The van der Waals surface area contributed by atoms with Crippen LogP contribution in [0.4, 0.5) is 0 Å². The first-order valence-corrected chi connectivity index (χ1v) is 9.46. The minimum Gasteiger partial charge on any atom is -0.493 e. The second-order valence-corrected chi connectivity index (χ2v) is 6.58. The van der Waals surface area contributed by atoms with E-state index in [0.717, 1.165) is 37.3 Å². The van der Waals surface area contributed by atoms with E-state index in [1.54, 1.807) is 18.4 Å². The maximum Gasteiger partial charge on any atom is 0.188 e. The van der Waals surface area contributed by atoms with Crippen LogP contribution in [0, 0.1) is 0 Å². The van der Waals surface area contributed by atoms with Crippen LogP contribution in [-0.2, 0) is 12.8 Å². The predicted octanol–water partition coefficient (Wildman–Crippen LogP) is 3.24. The third-order valence-electron chi connectivity index (χ3n) is 3.69. The second-order valence-electron chi connectivity index (χ2n) is 5.54. The highest BCUT2D eigenvalue weighted by Crippen LogP contribution is 2.28. The Bertz CT molecular complexity index is 657. The number of thiophene rings is 1. The molecule has 0 bridgehead atoms. The number of guanidine groups is 1. The number of benzene rings is 1. The van der Waals surface area contributed by atoms with Crippen LogP contribution >= 0.6 is 11.3 Å². The molecule has 0 atom stereocenters. The first-order chi connectivity index (χ1) is 12.2. The standard InChI is InChI=1S/C19H27N3O2S/c1-3-24-18-14-15(8-9-17(18)23-2)6-4-11-21-19(20)22-12-10-16-7-5-13-25-16/h5,7-9,13-14H,3-4,6,10-12H2,1-2H3,(H3,20,21,22). The minimum absolute atomic E-state index is 0.515. The Morgan fingerprint density at radius 3 is 2.84 bits per heavy atom. The molecule has 136 valence electrons. The number of nitrogens with zero attached hydrogens (tertiary/aromatic N) is 1. The molecule has 0 aliphatic rings. The summed E-state index contributed by atoms with van der Waals surface area (Å²) < 4.78 is 10.9. The number of hydrogen-bond donors (Lipinski definition) is 2. The number of rotatable bonds is 10. The SMILES string of the molecule is CCOc1cc(CCCN=C(N)NCCc2cccs2)ccc1OC. The molecule has 0 saturated carbocycles. The molecule has 3 N–H and O–H groups in total. The average Bonchev–Trinajstić information content (AvgIpc) is 3.13. The molecule has 1 aromatic heterocycles. The maximum atomic E-state index is 5.90. The van der Waals surface area contributed by atoms with Crippen molar-refractivity contribution in [3.05, 3.63) is 46.2 Å². The van der Waals surface area contributed by atoms with Gasteiger partial charge in [-0.2, -0.15) is 0 Å². The number of hydrogen-bond acceptors (Lipinski definition) is 4. The predicted molar refractivity (Wildman–Crippen MR) is 105 cm³/mol. The molecule has 1 aromatic carbocycles. The summed E-state index contributed by atoms with van der Waals surface area (Å²) in [4.78, 5) is 5.73. The normalized spacial score (nSPS) is 11.4. The van der Waals surface area contributed by atoms with Gasteiger partial charge in [0.25, 0.3) is 0 Å². The van der Waals surface area contributed by atoms with Gasteiger partial charge in [-0.25, -0.2) is 0 Å².